The van der Waals surface area contributed by atoms with Crippen LogP contribution in [-0.2, 0) is 9.53 Å². The van der Waals surface area contributed by atoms with Crippen LogP contribution in [0.1, 0.15) is 22.5 Å². The summed E-state index contributed by atoms with van der Waals surface area (Å²) in [5, 5.41) is 14.5. The predicted molar refractivity (Wildman–Crippen MR) is 63.7 cm³/mol. The lowest BCUT2D eigenvalue weighted by Gasteiger charge is -2.04. The van der Waals surface area contributed by atoms with Gasteiger partial charge in [-0.05, 0) is 12.8 Å². The third kappa shape index (κ3) is 2.33. The van der Waals surface area contributed by atoms with Crippen LogP contribution in [-0.4, -0.2) is 23.9 Å². The quantitative estimate of drug-likeness (QED) is 0.511. The van der Waals surface area contributed by atoms with Crippen LogP contribution in [0.25, 0.3) is 0 Å². The lowest BCUT2D eigenvalue weighted by Crippen LogP contribution is -2.16. The van der Waals surface area contributed by atoms with Crippen LogP contribution >= 0.6 is 11.3 Å². The highest BCUT2D eigenvalue weighted by Crippen LogP contribution is 2.37. The molecule has 1 N–H and O–H groups in total. The van der Waals surface area contributed by atoms with Gasteiger partial charge in [0.05, 0.1) is 17.4 Å². The molecule has 2 rings (SSSR count). The molecule has 18 heavy (non-hydrogen) atoms. The van der Waals surface area contributed by atoms with Gasteiger partial charge in [0.15, 0.2) is 0 Å². The molecule has 0 aromatic carbocycles. The molecule has 1 aliphatic rings. The molecular formula is C10H10N2O5S. The Labute approximate surface area is 106 Å². The zero-order valence-electron chi connectivity index (χ0n) is 9.47. The number of methoxy groups -OCH3 is 1. The monoisotopic (exact) mass is 270 g/mol. The first kappa shape index (κ1) is 12.5. The van der Waals surface area contributed by atoms with Crippen LogP contribution in [0.5, 0.6) is 0 Å². The number of hydrogen-bond acceptors (Lipinski definition) is 6. The van der Waals surface area contributed by atoms with Crippen LogP contribution in [0.3, 0.4) is 0 Å². The number of amides is 1. The molecule has 0 unspecified atom stereocenters. The van der Waals surface area contributed by atoms with Gasteiger partial charge in [-0.1, -0.05) is 0 Å². The Hall–Kier alpha value is -1.96. The third-order valence-electron chi connectivity index (χ3n) is 2.54. The van der Waals surface area contributed by atoms with Crippen molar-refractivity contribution < 1.29 is 19.2 Å². The summed E-state index contributed by atoms with van der Waals surface area (Å²) in [7, 11) is 1.18. The average Bonchev–Trinajstić information content (AvgIpc) is 3.10. The maximum Gasteiger partial charge on any atom is 0.350 e. The van der Waals surface area contributed by atoms with E-state index in [9.17, 15) is 19.7 Å². The summed E-state index contributed by atoms with van der Waals surface area (Å²) in [6.45, 7) is 0. The van der Waals surface area contributed by atoms with E-state index < -0.39 is 10.9 Å². The fourth-order valence-electron chi connectivity index (χ4n) is 1.42. The third-order valence-corrected chi connectivity index (χ3v) is 3.48. The van der Waals surface area contributed by atoms with E-state index in [0.717, 1.165) is 24.2 Å². The van der Waals surface area contributed by atoms with Gasteiger partial charge in [-0.2, -0.15) is 0 Å². The Morgan fingerprint density at radius 2 is 2.22 bits per heavy atom. The molecule has 1 aromatic rings. The van der Waals surface area contributed by atoms with Gasteiger partial charge in [-0.3, -0.25) is 14.9 Å². The van der Waals surface area contributed by atoms with Crippen molar-refractivity contribution in [3.63, 3.8) is 0 Å². The standard InChI is InChI=1S/C10H10N2O5S/c1-17-10(14)8-7(6(4-18-8)12(15)16)11-9(13)5-2-3-5/h4-5H,2-3H2,1H3,(H,11,13). The Morgan fingerprint density at radius 3 is 2.72 bits per heavy atom. The van der Waals surface area contributed by atoms with E-state index in [-0.39, 0.29) is 28.1 Å². The van der Waals surface area contributed by atoms with Gasteiger partial charge in [-0.15, -0.1) is 11.3 Å². The molecule has 1 aliphatic carbocycles. The number of ether oxygens (including phenoxy) is 1. The second kappa shape index (κ2) is 4.73. The smallest absolute Gasteiger partial charge is 0.350 e. The molecule has 0 saturated heterocycles. The van der Waals surface area contributed by atoms with Gasteiger partial charge in [0.25, 0.3) is 0 Å². The highest BCUT2D eigenvalue weighted by Gasteiger charge is 2.33. The Morgan fingerprint density at radius 1 is 1.56 bits per heavy atom. The Bertz CT molecular complexity index is 520. The number of carbonyl (C=O) groups excluding carboxylic acids is 2. The highest BCUT2D eigenvalue weighted by molar-refractivity contribution is 7.13. The van der Waals surface area contributed by atoms with E-state index in [1.165, 1.54) is 12.5 Å². The topological polar surface area (TPSA) is 98.5 Å². The van der Waals surface area contributed by atoms with Crippen molar-refractivity contribution in [2.45, 2.75) is 12.8 Å². The van der Waals surface area contributed by atoms with Crippen molar-refractivity contribution in [1.82, 2.24) is 0 Å². The van der Waals surface area contributed by atoms with E-state index in [1.807, 2.05) is 0 Å². The molecule has 7 nitrogen and oxygen atoms in total. The summed E-state index contributed by atoms with van der Waals surface area (Å²) in [6.07, 6.45) is 1.55. The zero-order chi connectivity index (χ0) is 13.3. The molecule has 1 aromatic heterocycles. The summed E-state index contributed by atoms with van der Waals surface area (Å²) in [5.41, 5.74) is -0.344. The number of nitrogens with one attached hydrogen (secondary N) is 1. The minimum absolute atomic E-state index is 0.0400. The number of hydrogen-bond donors (Lipinski definition) is 1. The minimum atomic E-state index is -0.695. The van der Waals surface area contributed by atoms with E-state index in [4.69, 9.17) is 0 Å². The van der Waals surface area contributed by atoms with Crippen molar-refractivity contribution in [3.05, 3.63) is 20.4 Å². The van der Waals surface area contributed by atoms with Crippen LogP contribution < -0.4 is 5.32 Å². The normalized spacial score (nSPS) is 14.1. The summed E-state index contributed by atoms with van der Waals surface area (Å²) >= 11 is 0.880. The molecule has 1 amide bonds. The van der Waals surface area contributed by atoms with Gasteiger partial charge in [0.1, 0.15) is 10.6 Å². The lowest BCUT2D eigenvalue weighted by atomic mass is 10.3. The van der Waals surface area contributed by atoms with Crippen LogP contribution in [0.4, 0.5) is 11.4 Å². The molecule has 1 heterocycles. The number of nitro groups is 1. The number of thiophene rings is 1. The largest absolute Gasteiger partial charge is 0.465 e. The fourth-order valence-corrected chi connectivity index (χ4v) is 2.30. The number of nitrogens with zero attached hydrogens (tertiary/aromatic N) is 1. The minimum Gasteiger partial charge on any atom is -0.465 e. The maximum atomic E-state index is 11.6. The molecule has 1 saturated carbocycles. The van der Waals surface area contributed by atoms with Gasteiger partial charge in [0.2, 0.25) is 5.91 Å². The summed E-state index contributed by atoms with van der Waals surface area (Å²) in [5.74, 6) is -1.09. The number of carbonyl (C=O) groups is 2. The van der Waals surface area contributed by atoms with Crippen molar-refractivity contribution in [3.8, 4) is 0 Å². The van der Waals surface area contributed by atoms with Gasteiger partial charge >= 0.3 is 11.7 Å². The molecule has 0 bridgehead atoms. The van der Waals surface area contributed by atoms with E-state index in [2.05, 4.69) is 10.1 Å². The average molecular weight is 270 g/mol. The SMILES string of the molecule is COC(=O)c1scc([N+](=O)[O-])c1NC(=O)C1CC1. The first-order chi connectivity index (χ1) is 8.54. The van der Waals surface area contributed by atoms with Crippen molar-refractivity contribution in [2.75, 3.05) is 12.4 Å². The van der Waals surface area contributed by atoms with Crippen molar-refractivity contribution in [1.29, 1.82) is 0 Å². The summed E-state index contributed by atoms with van der Waals surface area (Å²) < 4.78 is 4.53. The molecule has 0 aliphatic heterocycles. The maximum absolute atomic E-state index is 11.6. The molecule has 0 atom stereocenters. The van der Waals surface area contributed by atoms with Gasteiger partial charge < -0.3 is 10.1 Å². The Kier molecular flexibility index (Phi) is 3.28. The molecule has 1 fully saturated rings. The summed E-state index contributed by atoms with van der Waals surface area (Å²) in [4.78, 5) is 33.3. The number of anilines is 1. The number of rotatable bonds is 4. The molecule has 0 spiro atoms. The predicted octanol–water partition coefficient (Wildman–Crippen LogP) is 1.79. The Balaban J connectivity index is 2.33. The lowest BCUT2D eigenvalue weighted by molar-refractivity contribution is -0.383. The highest BCUT2D eigenvalue weighted by atomic mass is 32.1. The molecule has 96 valence electrons. The van der Waals surface area contributed by atoms with Gasteiger partial charge in [-0.25, -0.2) is 4.79 Å². The molecule has 0 radical (unpaired) electrons. The number of esters is 1. The fraction of sp³-hybridized carbons (Fsp3) is 0.400. The molecular weight excluding hydrogens is 260 g/mol. The second-order valence-electron chi connectivity index (χ2n) is 3.84. The van der Waals surface area contributed by atoms with E-state index in [1.54, 1.807) is 0 Å². The zero-order valence-corrected chi connectivity index (χ0v) is 10.3. The van der Waals surface area contributed by atoms with Gasteiger partial charge in [0, 0.05) is 5.92 Å². The second-order valence-corrected chi connectivity index (χ2v) is 4.72. The van der Waals surface area contributed by atoms with Crippen molar-refractivity contribution in [2.24, 2.45) is 5.92 Å². The first-order valence-corrected chi connectivity index (χ1v) is 6.07. The van der Waals surface area contributed by atoms with E-state index >= 15 is 0 Å². The van der Waals surface area contributed by atoms with Crippen LogP contribution in [0.2, 0.25) is 0 Å². The van der Waals surface area contributed by atoms with Crippen LogP contribution in [0.15, 0.2) is 5.38 Å². The first-order valence-electron chi connectivity index (χ1n) is 5.19. The van der Waals surface area contributed by atoms with E-state index in [0.29, 0.717) is 0 Å². The summed E-state index contributed by atoms with van der Waals surface area (Å²) in [6, 6.07) is 0. The molecule has 8 heteroatoms. The van der Waals surface area contributed by atoms with Crippen LogP contribution in [0, 0.1) is 16.0 Å². The van der Waals surface area contributed by atoms with Crippen molar-refractivity contribution >= 4 is 34.6 Å².